The number of nitriles is 1. The highest BCUT2D eigenvalue weighted by atomic mass is 79.9. The fraction of sp³-hybridized carbons (Fsp3) is 0.167. The minimum absolute atomic E-state index is 0.291. The van der Waals surface area contributed by atoms with Crippen LogP contribution in [0.2, 0.25) is 0 Å². The van der Waals surface area contributed by atoms with Crippen molar-refractivity contribution < 1.29 is 9.90 Å². The number of carbonyl (C=O) groups excluding carboxylic acids is 1. The molecule has 1 unspecified atom stereocenters. The molecule has 0 aliphatic rings. The van der Waals surface area contributed by atoms with Crippen LogP contribution in [0.3, 0.4) is 0 Å². The van der Waals surface area contributed by atoms with Crippen molar-refractivity contribution in [2.24, 2.45) is 0 Å². The fourth-order valence-electron chi connectivity index (χ4n) is 3.17. The standard InChI is InChI=1S/C24H20BrN5O2S/c1-24(2,13-26)15-5-3-4-14(10-15)21(31)29-16-6-7-17(25)18(11-16)30-22(32)20-12-19-23(33-20)28-9-8-27-19/h3-12,22,30,32H,1-2H3,(H,29,31). The molecule has 2 heterocycles. The number of aliphatic hydroxyl groups excluding tert-OH is 1. The predicted molar refractivity (Wildman–Crippen MR) is 133 cm³/mol. The Balaban J connectivity index is 1.52. The predicted octanol–water partition coefficient (Wildman–Crippen LogP) is 5.61. The molecule has 9 heteroatoms. The number of carbonyl (C=O) groups is 1. The highest BCUT2D eigenvalue weighted by Gasteiger charge is 2.21. The zero-order valence-corrected chi connectivity index (χ0v) is 20.2. The highest BCUT2D eigenvalue weighted by molar-refractivity contribution is 9.10. The van der Waals surface area contributed by atoms with Gasteiger partial charge in [-0.1, -0.05) is 12.1 Å². The second kappa shape index (κ2) is 9.27. The van der Waals surface area contributed by atoms with Crippen LogP contribution in [0.25, 0.3) is 10.3 Å². The van der Waals surface area contributed by atoms with Crippen LogP contribution in [0.5, 0.6) is 0 Å². The molecule has 0 aliphatic carbocycles. The van der Waals surface area contributed by atoms with E-state index in [1.807, 2.05) is 19.9 Å². The molecular formula is C24H20BrN5O2S. The van der Waals surface area contributed by atoms with Crippen molar-refractivity contribution in [3.8, 4) is 6.07 Å². The van der Waals surface area contributed by atoms with Crippen molar-refractivity contribution >= 4 is 54.9 Å². The van der Waals surface area contributed by atoms with Crippen molar-refractivity contribution in [1.29, 1.82) is 5.26 Å². The van der Waals surface area contributed by atoms with Gasteiger partial charge in [0.2, 0.25) is 0 Å². The summed E-state index contributed by atoms with van der Waals surface area (Å²) in [5.41, 5.74) is 2.42. The van der Waals surface area contributed by atoms with Gasteiger partial charge in [-0.2, -0.15) is 5.26 Å². The summed E-state index contributed by atoms with van der Waals surface area (Å²) in [4.78, 5) is 22.8. The van der Waals surface area contributed by atoms with Gasteiger partial charge < -0.3 is 15.7 Å². The van der Waals surface area contributed by atoms with Crippen molar-refractivity contribution in [3.05, 3.63) is 81.4 Å². The van der Waals surface area contributed by atoms with E-state index in [0.717, 1.165) is 20.4 Å². The summed E-state index contributed by atoms with van der Waals surface area (Å²) in [5, 5.41) is 26.0. The number of rotatable bonds is 6. The Morgan fingerprint density at radius 2 is 1.97 bits per heavy atom. The van der Waals surface area contributed by atoms with Crippen LogP contribution in [0, 0.1) is 11.3 Å². The van der Waals surface area contributed by atoms with E-state index in [-0.39, 0.29) is 5.91 Å². The summed E-state index contributed by atoms with van der Waals surface area (Å²) >= 11 is 4.83. The third-order valence-corrected chi connectivity index (χ3v) is 6.87. The van der Waals surface area contributed by atoms with E-state index in [1.54, 1.807) is 54.9 Å². The molecule has 0 saturated heterocycles. The average Bonchev–Trinajstić information content (AvgIpc) is 3.26. The van der Waals surface area contributed by atoms with Crippen LogP contribution in [0.1, 0.15) is 40.9 Å². The van der Waals surface area contributed by atoms with Gasteiger partial charge in [-0.05, 0) is 71.7 Å². The van der Waals surface area contributed by atoms with Crippen molar-refractivity contribution in [2.75, 3.05) is 10.6 Å². The van der Waals surface area contributed by atoms with Crippen LogP contribution >= 0.6 is 27.3 Å². The Hall–Kier alpha value is -3.32. The molecule has 0 aliphatic heterocycles. The van der Waals surface area contributed by atoms with Crippen molar-refractivity contribution in [1.82, 2.24) is 9.97 Å². The summed E-state index contributed by atoms with van der Waals surface area (Å²) in [7, 11) is 0. The molecule has 0 fully saturated rings. The summed E-state index contributed by atoms with van der Waals surface area (Å²) in [6.07, 6.45) is 2.25. The zero-order chi connectivity index (χ0) is 23.6. The van der Waals surface area contributed by atoms with E-state index in [0.29, 0.717) is 21.8 Å². The normalized spacial score (nSPS) is 12.2. The molecule has 1 atom stereocenters. The number of aromatic nitrogens is 2. The fourth-order valence-corrected chi connectivity index (χ4v) is 4.43. The number of aliphatic hydroxyl groups is 1. The minimum Gasteiger partial charge on any atom is -0.369 e. The average molecular weight is 522 g/mol. The van der Waals surface area contributed by atoms with E-state index in [1.165, 1.54) is 11.3 Å². The lowest BCUT2D eigenvalue weighted by molar-refractivity contribution is 0.102. The lowest BCUT2D eigenvalue weighted by atomic mass is 9.85. The minimum atomic E-state index is -0.974. The van der Waals surface area contributed by atoms with Crippen molar-refractivity contribution in [2.45, 2.75) is 25.5 Å². The number of halogens is 1. The molecule has 4 rings (SSSR count). The Morgan fingerprint density at radius 1 is 1.18 bits per heavy atom. The maximum atomic E-state index is 12.8. The highest BCUT2D eigenvalue weighted by Crippen LogP contribution is 2.32. The number of anilines is 2. The van der Waals surface area contributed by atoms with Crippen LogP contribution in [0.15, 0.2) is 65.4 Å². The largest absolute Gasteiger partial charge is 0.369 e. The molecule has 4 aromatic rings. The molecule has 0 radical (unpaired) electrons. The second-order valence-corrected chi connectivity index (χ2v) is 9.83. The maximum Gasteiger partial charge on any atom is 0.255 e. The molecule has 0 spiro atoms. The van der Waals surface area contributed by atoms with Gasteiger partial charge >= 0.3 is 0 Å². The van der Waals surface area contributed by atoms with Crippen LogP contribution in [-0.4, -0.2) is 21.0 Å². The maximum absolute atomic E-state index is 12.8. The first-order valence-corrected chi connectivity index (χ1v) is 11.7. The third kappa shape index (κ3) is 5.03. The number of fused-ring (bicyclic) bond motifs is 1. The number of nitrogens with one attached hydrogen (secondary N) is 2. The Kier molecular flexibility index (Phi) is 6.42. The van der Waals surface area contributed by atoms with Crippen LogP contribution in [-0.2, 0) is 5.41 Å². The Bertz CT molecular complexity index is 1350. The SMILES string of the molecule is CC(C)(C#N)c1cccc(C(=O)Nc2ccc(Br)c(NC(O)c3cc4nccnc4s3)c2)c1. The van der Waals surface area contributed by atoms with E-state index in [2.05, 4.69) is 42.6 Å². The first-order chi connectivity index (χ1) is 15.8. The van der Waals surface area contributed by atoms with Crippen molar-refractivity contribution in [3.63, 3.8) is 0 Å². The molecule has 166 valence electrons. The molecule has 7 nitrogen and oxygen atoms in total. The van der Waals surface area contributed by atoms with Gasteiger partial charge in [0.05, 0.1) is 22.0 Å². The summed E-state index contributed by atoms with van der Waals surface area (Å²) < 4.78 is 0.731. The number of benzene rings is 2. The van der Waals surface area contributed by atoms with E-state index in [9.17, 15) is 15.2 Å². The smallest absolute Gasteiger partial charge is 0.255 e. The van der Waals surface area contributed by atoms with Gasteiger partial charge in [0.25, 0.3) is 5.91 Å². The molecule has 2 aromatic carbocycles. The molecular weight excluding hydrogens is 502 g/mol. The molecule has 33 heavy (non-hydrogen) atoms. The van der Waals surface area contributed by atoms with E-state index < -0.39 is 11.6 Å². The Morgan fingerprint density at radius 3 is 2.73 bits per heavy atom. The Labute approximate surface area is 203 Å². The number of hydrogen-bond acceptors (Lipinski definition) is 7. The number of thiophene rings is 1. The van der Waals surface area contributed by atoms with Gasteiger partial charge in [0.15, 0.2) is 6.23 Å². The van der Waals surface area contributed by atoms with Crippen LogP contribution < -0.4 is 10.6 Å². The first kappa shape index (κ1) is 22.9. The number of amides is 1. The summed E-state index contributed by atoms with van der Waals surface area (Å²) in [6, 6.07) is 16.4. The van der Waals surface area contributed by atoms with Crippen LogP contribution in [0.4, 0.5) is 11.4 Å². The molecule has 0 saturated carbocycles. The lowest BCUT2D eigenvalue weighted by Crippen LogP contribution is -2.17. The first-order valence-electron chi connectivity index (χ1n) is 10.0. The quantitative estimate of drug-likeness (QED) is 0.284. The number of nitrogens with zero attached hydrogens (tertiary/aromatic N) is 3. The lowest BCUT2D eigenvalue weighted by Gasteiger charge is -2.17. The van der Waals surface area contributed by atoms with Gasteiger partial charge in [0.1, 0.15) is 10.3 Å². The monoisotopic (exact) mass is 521 g/mol. The zero-order valence-electron chi connectivity index (χ0n) is 17.8. The molecule has 2 aromatic heterocycles. The second-order valence-electron chi connectivity index (χ2n) is 7.91. The van der Waals surface area contributed by atoms with E-state index >= 15 is 0 Å². The van der Waals surface area contributed by atoms with Gasteiger partial charge in [0, 0.05) is 28.1 Å². The third-order valence-electron chi connectivity index (χ3n) is 5.10. The molecule has 3 N–H and O–H groups in total. The molecule has 1 amide bonds. The van der Waals surface area contributed by atoms with E-state index in [4.69, 9.17) is 0 Å². The molecule has 0 bridgehead atoms. The summed E-state index contributed by atoms with van der Waals surface area (Å²) in [5.74, 6) is -0.291. The van der Waals surface area contributed by atoms with Gasteiger partial charge in [-0.25, -0.2) is 4.98 Å². The van der Waals surface area contributed by atoms with Gasteiger partial charge in [-0.15, -0.1) is 11.3 Å². The topological polar surface area (TPSA) is 111 Å². The van der Waals surface area contributed by atoms with Gasteiger partial charge in [-0.3, -0.25) is 9.78 Å². The number of hydrogen-bond donors (Lipinski definition) is 3. The summed E-state index contributed by atoms with van der Waals surface area (Å²) in [6.45, 7) is 3.62.